The number of nitrogens with one attached hydrogen (secondary N) is 1. The molecule has 0 saturated carbocycles. The van der Waals surface area contributed by atoms with Crippen molar-refractivity contribution >= 4 is 17.7 Å². The summed E-state index contributed by atoms with van der Waals surface area (Å²) in [7, 11) is 0. The number of rotatable bonds is 8. The highest BCUT2D eigenvalue weighted by molar-refractivity contribution is 8.00. The van der Waals surface area contributed by atoms with Crippen LogP contribution >= 0.6 is 11.8 Å². The summed E-state index contributed by atoms with van der Waals surface area (Å²) >= 11 is 1.29. The third-order valence-electron chi connectivity index (χ3n) is 3.45. The van der Waals surface area contributed by atoms with Gasteiger partial charge < -0.3 is 10.7 Å². The smallest absolute Gasteiger partial charge is 0.231 e. The lowest BCUT2D eigenvalue weighted by molar-refractivity contribution is -0.117. The van der Waals surface area contributed by atoms with Gasteiger partial charge in [0.2, 0.25) is 5.91 Å². The summed E-state index contributed by atoms with van der Waals surface area (Å²) in [6, 6.07) is 11.8. The summed E-state index contributed by atoms with van der Waals surface area (Å²) in [4.78, 5) is 14.8. The van der Waals surface area contributed by atoms with Crippen molar-refractivity contribution in [1.29, 1.82) is 5.26 Å². The predicted molar refractivity (Wildman–Crippen MR) is 89.3 cm³/mol. The molecule has 23 heavy (non-hydrogen) atoms. The van der Waals surface area contributed by atoms with Crippen molar-refractivity contribution < 1.29 is 4.79 Å². The van der Waals surface area contributed by atoms with Gasteiger partial charge in [0.1, 0.15) is 0 Å². The first-order valence-electron chi connectivity index (χ1n) is 7.41. The van der Waals surface area contributed by atoms with Crippen molar-refractivity contribution in [3.63, 3.8) is 0 Å². The number of hydrogen-bond donors (Lipinski definition) is 2. The number of aromatic nitrogens is 3. The second-order valence-electron chi connectivity index (χ2n) is 5.39. The quantitative estimate of drug-likeness (QED) is 0.724. The summed E-state index contributed by atoms with van der Waals surface area (Å²) in [5.41, 5.74) is 6.43. The molecule has 6 nitrogen and oxygen atoms in total. The Morgan fingerprint density at radius 2 is 2.13 bits per heavy atom. The Hall–Kier alpha value is -2.33. The van der Waals surface area contributed by atoms with Gasteiger partial charge >= 0.3 is 0 Å². The minimum atomic E-state index is -0.389. The number of benzene rings is 1. The highest BCUT2D eigenvalue weighted by Gasteiger charge is 2.22. The Morgan fingerprint density at radius 3 is 2.78 bits per heavy atom. The van der Waals surface area contributed by atoms with Crippen molar-refractivity contribution in [3.8, 4) is 17.5 Å². The van der Waals surface area contributed by atoms with E-state index in [1.165, 1.54) is 11.8 Å². The fraction of sp³-hybridized carbons (Fsp3) is 0.375. The average Bonchev–Trinajstić information content (AvgIpc) is 3.01. The largest absolute Gasteiger partial charge is 0.369 e. The van der Waals surface area contributed by atoms with Crippen LogP contribution < -0.4 is 5.73 Å². The minimum Gasteiger partial charge on any atom is -0.369 e. The topological polar surface area (TPSA) is 108 Å². The van der Waals surface area contributed by atoms with E-state index < -0.39 is 0 Å². The molecule has 0 fully saturated rings. The molecule has 1 aromatic carbocycles. The van der Waals surface area contributed by atoms with Crippen LogP contribution in [0, 0.1) is 17.2 Å². The van der Waals surface area contributed by atoms with E-state index in [4.69, 9.17) is 11.0 Å². The number of hydrogen-bond acceptors (Lipinski definition) is 5. The summed E-state index contributed by atoms with van der Waals surface area (Å²) in [6.45, 7) is 2.02. The summed E-state index contributed by atoms with van der Waals surface area (Å²) in [6.07, 6.45) is 1.85. The molecule has 0 aliphatic carbocycles. The lowest BCUT2D eigenvalue weighted by Crippen LogP contribution is -2.27. The molecule has 1 heterocycles. The van der Waals surface area contributed by atoms with E-state index in [0.717, 1.165) is 12.0 Å². The van der Waals surface area contributed by atoms with Crippen LogP contribution in [0.2, 0.25) is 0 Å². The Bertz CT molecular complexity index is 679. The number of primary amides is 1. The average molecular weight is 329 g/mol. The number of H-pyrrole nitrogens is 1. The van der Waals surface area contributed by atoms with E-state index in [2.05, 4.69) is 21.3 Å². The predicted octanol–water partition coefficient (Wildman–Crippen LogP) is 2.75. The first kappa shape index (κ1) is 17.0. The first-order chi connectivity index (χ1) is 11.1. The number of thioether (sulfide) groups is 1. The SMILES string of the molecule is CC(CCC#N)CC(Sc1nnc(-c2ccccc2)[nH]1)C(N)=O. The fourth-order valence-corrected chi connectivity index (χ4v) is 3.23. The molecule has 0 radical (unpaired) electrons. The molecule has 0 bridgehead atoms. The van der Waals surface area contributed by atoms with Crippen LogP contribution in [0.5, 0.6) is 0 Å². The number of carbonyl (C=O) groups is 1. The van der Waals surface area contributed by atoms with E-state index >= 15 is 0 Å². The Labute approximate surface area is 139 Å². The molecule has 2 aromatic rings. The van der Waals surface area contributed by atoms with Gasteiger partial charge in [-0.05, 0) is 18.8 Å². The molecule has 120 valence electrons. The van der Waals surface area contributed by atoms with Crippen LogP contribution in [0.4, 0.5) is 0 Å². The van der Waals surface area contributed by atoms with Crippen LogP contribution in [-0.4, -0.2) is 26.3 Å². The zero-order chi connectivity index (χ0) is 16.7. The van der Waals surface area contributed by atoms with Gasteiger partial charge in [-0.3, -0.25) is 4.79 Å². The summed E-state index contributed by atoms with van der Waals surface area (Å²) < 4.78 is 0. The van der Waals surface area contributed by atoms with Crippen LogP contribution in [0.1, 0.15) is 26.2 Å². The van der Waals surface area contributed by atoms with Crippen LogP contribution in [0.3, 0.4) is 0 Å². The highest BCUT2D eigenvalue weighted by Crippen LogP contribution is 2.27. The molecule has 1 amide bonds. The zero-order valence-electron chi connectivity index (χ0n) is 12.9. The van der Waals surface area contributed by atoms with Crippen molar-refractivity contribution in [1.82, 2.24) is 15.2 Å². The van der Waals surface area contributed by atoms with Crippen molar-refractivity contribution in [2.75, 3.05) is 0 Å². The number of carbonyl (C=O) groups excluding carboxylic acids is 1. The number of nitrogens with zero attached hydrogens (tertiary/aromatic N) is 3. The second-order valence-corrected chi connectivity index (χ2v) is 6.58. The molecule has 7 heteroatoms. The normalized spacial score (nSPS) is 13.2. The second kappa shape index (κ2) is 8.34. The van der Waals surface area contributed by atoms with Gasteiger partial charge in [-0.2, -0.15) is 5.26 Å². The van der Waals surface area contributed by atoms with Gasteiger partial charge in [-0.25, -0.2) is 0 Å². The van der Waals surface area contributed by atoms with E-state index in [1.807, 2.05) is 37.3 Å². The maximum Gasteiger partial charge on any atom is 0.231 e. The molecule has 0 aliphatic heterocycles. The maximum atomic E-state index is 11.7. The number of nitriles is 1. The fourth-order valence-electron chi connectivity index (χ4n) is 2.18. The Kier molecular flexibility index (Phi) is 6.18. The van der Waals surface area contributed by atoms with E-state index in [1.54, 1.807) is 0 Å². The standard InChI is InChI=1S/C16H19N5OS/c1-11(6-5-9-17)10-13(14(18)22)23-16-19-15(20-21-16)12-7-3-2-4-8-12/h2-4,7-8,11,13H,5-6,10H2,1H3,(H2,18,22)(H,19,20,21). The van der Waals surface area contributed by atoms with E-state index in [0.29, 0.717) is 23.8 Å². The van der Waals surface area contributed by atoms with Crippen molar-refractivity contribution in [3.05, 3.63) is 30.3 Å². The molecule has 2 atom stereocenters. The van der Waals surface area contributed by atoms with Gasteiger partial charge in [0.05, 0.1) is 11.3 Å². The molecular formula is C16H19N5OS. The third kappa shape index (κ3) is 5.11. The monoisotopic (exact) mass is 329 g/mol. The maximum absolute atomic E-state index is 11.7. The Morgan fingerprint density at radius 1 is 1.39 bits per heavy atom. The Balaban J connectivity index is 2.02. The van der Waals surface area contributed by atoms with Gasteiger partial charge in [0.25, 0.3) is 0 Å². The van der Waals surface area contributed by atoms with E-state index in [9.17, 15) is 4.79 Å². The highest BCUT2D eigenvalue weighted by atomic mass is 32.2. The lowest BCUT2D eigenvalue weighted by Gasteiger charge is -2.15. The summed E-state index contributed by atoms with van der Waals surface area (Å²) in [5, 5.41) is 17.0. The van der Waals surface area contributed by atoms with Gasteiger partial charge in [0.15, 0.2) is 11.0 Å². The zero-order valence-corrected chi connectivity index (χ0v) is 13.7. The molecular weight excluding hydrogens is 310 g/mol. The van der Waals surface area contributed by atoms with Gasteiger partial charge in [-0.1, -0.05) is 49.0 Å². The third-order valence-corrected chi connectivity index (χ3v) is 4.57. The van der Waals surface area contributed by atoms with Crippen LogP contribution in [0.25, 0.3) is 11.4 Å². The molecule has 1 aromatic heterocycles. The lowest BCUT2D eigenvalue weighted by atomic mass is 10.00. The van der Waals surface area contributed by atoms with E-state index in [-0.39, 0.29) is 17.1 Å². The molecule has 0 saturated heterocycles. The van der Waals surface area contributed by atoms with Gasteiger partial charge in [0, 0.05) is 12.0 Å². The van der Waals surface area contributed by atoms with Crippen molar-refractivity contribution in [2.24, 2.45) is 11.7 Å². The van der Waals surface area contributed by atoms with Crippen LogP contribution in [-0.2, 0) is 4.79 Å². The minimum absolute atomic E-state index is 0.246. The molecule has 3 N–H and O–H groups in total. The van der Waals surface area contributed by atoms with Crippen molar-refractivity contribution in [2.45, 2.75) is 36.6 Å². The van der Waals surface area contributed by atoms with Gasteiger partial charge in [-0.15, -0.1) is 10.2 Å². The number of amides is 1. The first-order valence-corrected chi connectivity index (χ1v) is 8.29. The van der Waals surface area contributed by atoms with Crippen LogP contribution in [0.15, 0.2) is 35.5 Å². The summed E-state index contributed by atoms with van der Waals surface area (Å²) in [5.74, 6) is 0.529. The molecule has 2 unspecified atom stereocenters. The number of nitrogens with two attached hydrogens (primary N) is 1. The molecule has 2 rings (SSSR count). The molecule has 0 spiro atoms. The molecule has 0 aliphatic rings. The number of aromatic amines is 1.